The Morgan fingerprint density at radius 3 is 2.32 bits per heavy atom. The molecule has 0 aliphatic heterocycles. The van der Waals surface area contributed by atoms with Crippen molar-refractivity contribution in [2.45, 2.75) is 58.4 Å². The minimum Gasteiger partial charge on any atom is -0.356 e. The van der Waals surface area contributed by atoms with E-state index in [2.05, 4.69) is 29.5 Å². The molecule has 1 fully saturated rings. The molecule has 1 aliphatic carbocycles. The van der Waals surface area contributed by atoms with Crippen molar-refractivity contribution < 1.29 is 4.79 Å². The summed E-state index contributed by atoms with van der Waals surface area (Å²) in [5.41, 5.74) is 0. The van der Waals surface area contributed by atoms with Crippen molar-refractivity contribution in [2.75, 3.05) is 27.2 Å². The summed E-state index contributed by atoms with van der Waals surface area (Å²) >= 11 is 0. The number of nitrogens with one attached hydrogen (secondary N) is 2. The average molecular weight is 424 g/mol. The van der Waals surface area contributed by atoms with Crippen LogP contribution < -0.4 is 10.6 Å². The van der Waals surface area contributed by atoms with Crippen molar-refractivity contribution in [2.24, 2.45) is 10.9 Å². The maximum atomic E-state index is 11.7. The van der Waals surface area contributed by atoms with Crippen molar-refractivity contribution in [1.29, 1.82) is 0 Å². The van der Waals surface area contributed by atoms with Gasteiger partial charge in [-0.3, -0.25) is 4.79 Å². The molecule has 2 N–H and O–H groups in total. The van der Waals surface area contributed by atoms with Crippen molar-refractivity contribution in [3.8, 4) is 0 Å². The zero-order valence-corrected chi connectivity index (χ0v) is 16.9. The summed E-state index contributed by atoms with van der Waals surface area (Å²) in [5, 5.41) is 6.80. The van der Waals surface area contributed by atoms with Crippen LogP contribution in [0.4, 0.5) is 0 Å². The minimum absolute atomic E-state index is 0. The van der Waals surface area contributed by atoms with Crippen LogP contribution in [0.2, 0.25) is 0 Å². The van der Waals surface area contributed by atoms with Gasteiger partial charge in [0, 0.05) is 26.7 Å². The number of likely N-dealkylation sites (N-methyl/N-ethyl adjacent to an activating group) is 1. The monoisotopic (exact) mass is 424 g/mol. The molecule has 0 bridgehead atoms. The van der Waals surface area contributed by atoms with E-state index >= 15 is 0 Å². The average Bonchev–Trinajstić information content (AvgIpc) is 2.50. The Balaban J connectivity index is 0.00000441. The lowest BCUT2D eigenvalue weighted by atomic mass is 9.84. The topological polar surface area (TPSA) is 56.7 Å². The first kappa shape index (κ1) is 21.5. The van der Waals surface area contributed by atoms with Gasteiger partial charge in [0.15, 0.2) is 5.96 Å². The molecule has 22 heavy (non-hydrogen) atoms. The SMILES string of the molecule is CCCNC(=NCC(=O)N(C)C)NC1CCC(CC)CC1.I. The van der Waals surface area contributed by atoms with Crippen LogP contribution in [0.1, 0.15) is 52.4 Å². The maximum Gasteiger partial charge on any atom is 0.243 e. The lowest BCUT2D eigenvalue weighted by Gasteiger charge is -2.29. The number of halogens is 1. The second-order valence-corrected chi connectivity index (χ2v) is 6.15. The fourth-order valence-electron chi connectivity index (χ4n) is 2.59. The number of aliphatic imine (C=N–C) groups is 1. The molecule has 6 heteroatoms. The molecule has 1 saturated carbocycles. The number of guanidine groups is 1. The molecule has 0 heterocycles. The van der Waals surface area contributed by atoms with Crippen LogP contribution in [0.15, 0.2) is 4.99 Å². The highest BCUT2D eigenvalue weighted by Crippen LogP contribution is 2.26. The summed E-state index contributed by atoms with van der Waals surface area (Å²) in [7, 11) is 3.52. The Morgan fingerprint density at radius 2 is 1.82 bits per heavy atom. The van der Waals surface area contributed by atoms with E-state index in [9.17, 15) is 4.79 Å². The standard InChI is InChI=1S/C16H32N4O.HI/c1-5-11-17-16(18-12-15(21)20(3)4)19-14-9-7-13(6-2)8-10-14;/h13-14H,5-12H2,1-4H3,(H2,17,18,19);1H. The number of carbonyl (C=O) groups excluding carboxylic acids is 1. The van der Waals surface area contributed by atoms with Crippen LogP contribution in [-0.2, 0) is 4.79 Å². The summed E-state index contributed by atoms with van der Waals surface area (Å²) in [5.74, 6) is 1.71. The van der Waals surface area contributed by atoms with Gasteiger partial charge in [-0.1, -0.05) is 20.3 Å². The molecule has 0 saturated heterocycles. The minimum atomic E-state index is 0. The molecule has 5 nitrogen and oxygen atoms in total. The summed E-state index contributed by atoms with van der Waals surface area (Å²) in [6.07, 6.45) is 7.33. The molecule has 1 rings (SSSR count). The molecule has 0 aromatic rings. The Morgan fingerprint density at radius 1 is 1.18 bits per heavy atom. The van der Waals surface area contributed by atoms with Gasteiger partial charge >= 0.3 is 0 Å². The van der Waals surface area contributed by atoms with E-state index in [1.54, 1.807) is 19.0 Å². The maximum absolute atomic E-state index is 11.7. The zero-order valence-electron chi connectivity index (χ0n) is 14.5. The van der Waals surface area contributed by atoms with Gasteiger partial charge in [0.1, 0.15) is 6.54 Å². The Labute approximate surface area is 152 Å². The lowest BCUT2D eigenvalue weighted by molar-refractivity contribution is -0.127. The number of hydrogen-bond acceptors (Lipinski definition) is 2. The van der Waals surface area contributed by atoms with Crippen LogP contribution in [0.5, 0.6) is 0 Å². The fourth-order valence-corrected chi connectivity index (χ4v) is 2.59. The van der Waals surface area contributed by atoms with Crippen molar-refractivity contribution in [3.05, 3.63) is 0 Å². The van der Waals surface area contributed by atoms with Gasteiger partial charge in [-0.25, -0.2) is 4.99 Å². The molecular formula is C16H33IN4O. The van der Waals surface area contributed by atoms with Gasteiger partial charge in [0.25, 0.3) is 0 Å². The predicted octanol–water partition coefficient (Wildman–Crippen LogP) is 2.61. The fraction of sp³-hybridized carbons (Fsp3) is 0.875. The third kappa shape index (κ3) is 8.19. The summed E-state index contributed by atoms with van der Waals surface area (Å²) < 4.78 is 0. The number of rotatable bonds is 6. The summed E-state index contributed by atoms with van der Waals surface area (Å²) in [6, 6.07) is 0.491. The normalized spacial score (nSPS) is 21.7. The highest BCUT2D eigenvalue weighted by molar-refractivity contribution is 14.0. The van der Waals surface area contributed by atoms with Crippen LogP contribution in [0, 0.1) is 5.92 Å². The van der Waals surface area contributed by atoms with Gasteiger partial charge in [-0.15, -0.1) is 24.0 Å². The Kier molecular flexibility index (Phi) is 11.7. The Hall–Kier alpha value is -0.530. The molecule has 1 amide bonds. The first-order chi connectivity index (χ1) is 10.1. The number of hydrogen-bond donors (Lipinski definition) is 2. The molecule has 0 unspecified atom stereocenters. The van der Waals surface area contributed by atoms with Crippen LogP contribution in [-0.4, -0.2) is 50.0 Å². The van der Waals surface area contributed by atoms with E-state index in [1.165, 1.54) is 32.1 Å². The van der Waals surface area contributed by atoms with E-state index in [-0.39, 0.29) is 36.4 Å². The first-order valence-electron chi connectivity index (χ1n) is 8.31. The smallest absolute Gasteiger partial charge is 0.243 e. The molecule has 0 radical (unpaired) electrons. The molecule has 1 aliphatic rings. The van der Waals surface area contributed by atoms with Crippen LogP contribution in [0.25, 0.3) is 0 Å². The predicted molar refractivity (Wildman–Crippen MR) is 104 cm³/mol. The highest BCUT2D eigenvalue weighted by Gasteiger charge is 2.20. The molecule has 130 valence electrons. The zero-order chi connectivity index (χ0) is 15.7. The van der Waals surface area contributed by atoms with Crippen LogP contribution in [0.3, 0.4) is 0 Å². The second kappa shape index (κ2) is 12.0. The first-order valence-corrected chi connectivity index (χ1v) is 8.31. The lowest BCUT2D eigenvalue weighted by Crippen LogP contribution is -2.45. The molecule has 0 aromatic heterocycles. The molecule has 0 aromatic carbocycles. The largest absolute Gasteiger partial charge is 0.356 e. The van der Waals surface area contributed by atoms with Crippen molar-refractivity contribution in [3.63, 3.8) is 0 Å². The van der Waals surface area contributed by atoms with Gasteiger partial charge in [-0.2, -0.15) is 0 Å². The number of amides is 1. The third-order valence-electron chi connectivity index (χ3n) is 4.18. The van der Waals surface area contributed by atoms with E-state index in [0.717, 1.165) is 24.8 Å². The van der Waals surface area contributed by atoms with Gasteiger partial charge in [0.05, 0.1) is 0 Å². The van der Waals surface area contributed by atoms with Gasteiger partial charge in [-0.05, 0) is 38.0 Å². The highest BCUT2D eigenvalue weighted by atomic mass is 127. The number of carbonyl (C=O) groups is 1. The van der Waals surface area contributed by atoms with E-state index in [0.29, 0.717) is 6.04 Å². The molecule has 0 atom stereocenters. The van der Waals surface area contributed by atoms with E-state index in [1.807, 2.05) is 0 Å². The van der Waals surface area contributed by atoms with Gasteiger partial charge in [0.2, 0.25) is 5.91 Å². The third-order valence-corrected chi connectivity index (χ3v) is 4.18. The number of nitrogens with zero attached hydrogens (tertiary/aromatic N) is 2. The van der Waals surface area contributed by atoms with Crippen molar-refractivity contribution in [1.82, 2.24) is 15.5 Å². The van der Waals surface area contributed by atoms with Gasteiger partial charge < -0.3 is 15.5 Å². The molecular weight excluding hydrogens is 391 g/mol. The second-order valence-electron chi connectivity index (χ2n) is 6.15. The summed E-state index contributed by atoms with van der Waals surface area (Å²) in [6.45, 7) is 5.49. The van der Waals surface area contributed by atoms with Crippen LogP contribution >= 0.6 is 24.0 Å². The molecule has 0 spiro atoms. The van der Waals surface area contributed by atoms with Crippen molar-refractivity contribution >= 4 is 35.8 Å². The Bertz CT molecular complexity index is 339. The quantitative estimate of drug-likeness (QED) is 0.392. The summed E-state index contributed by atoms with van der Waals surface area (Å²) in [4.78, 5) is 17.7. The van der Waals surface area contributed by atoms with E-state index in [4.69, 9.17) is 0 Å². The van der Waals surface area contributed by atoms with E-state index < -0.39 is 0 Å².